The van der Waals surface area contributed by atoms with Crippen molar-refractivity contribution in [2.75, 3.05) is 0 Å². The molecule has 1 aromatic heterocycles. The lowest BCUT2D eigenvalue weighted by Gasteiger charge is -2.14. The smallest absolute Gasteiger partial charge is 0.325 e. The lowest BCUT2D eigenvalue weighted by Crippen LogP contribution is -2.32. The number of hydrogen-bond donors (Lipinski definition) is 2. The van der Waals surface area contributed by atoms with Crippen LogP contribution in [0.15, 0.2) is 17.3 Å². The maximum absolute atomic E-state index is 12.1. The van der Waals surface area contributed by atoms with E-state index in [2.05, 4.69) is 23.7 Å². The molecular formula is C12H21N3O4S. The van der Waals surface area contributed by atoms with Crippen LogP contribution in [0.1, 0.15) is 33.6 Å². The van der Waals surface area contributed by atoms with E-state index in [9.17, 15) is 13.2 Å². The summed E-state index contributed by atoms with van der Waals surface area (Å²) in [4.78, 5) is 10.5. The molecule has 1 atom stereocenters. The Morgan fingerprint density at radius 1 is 1.40 bits per heavy atom. The van der Waals surface area contributed by atoms with Gasteiger partial charge in [-0.25, -0.2) is 13.1 Å². The highest BCUT2D eigenvalue weighted by molar-refractivity contribution is 7.89. The number of carbonyl (C=O) groups is 1. The van der Waals surface area contributed by atoms with Crippen LogP contribution in [-0.2, 0) is 21.4 Å². The molecule has 0 fully saturated rings. The Kier molecular flexibility index (Phi) is 5.70. The van der Waals surface area contributed by atoms with Crippen molar-refractivity contribution in [3.8, 4) is 0 Å². The molecule has 1 aromatic rings. The van der Waals surface area contributed by atoms with Gasteiger partial charge in [0, 0.05) is 12.2 Å². The van der Waals surface area contributed by atoms with E-state index >= 15 is 0 Å². The van der Waals surface area contributed by atoms with Crippen LogP contribution in [0, 0.1) is 5.92 Å². The normalized spacial score (nSPS) is 13.6. The number of aliphatic carboxylic acids is 1. The Morgan fingerprint density at radius 3 is 2.60 bits per heavy atom. The lowest BCUT2D eigenvalue weighted by molar-refractivity contribution is -0.137. The number of sulfonamides is 1. The minimum absolute atomic E-state index is 0.0184. The van der Waals surface area contributed by atoms with Gasteiger partial charge in [0.05, 0.1) is 6.20 Å². The predicted octanol–water partition coefficient (Wildman–Crippen LogP) is 1.07. The van der Waals surface area contributed by atoms with Gasteiger partial charge >= 0.3 is 5.97 Å². The molecule has 7 nitrogen and oxygen atoms in total. The van der Waals surface area contributed by atoms with E-state index in [1.807, 2.05) is 6.92 Å². The average Bonchev–Trinajstić information content (AvgIpc) is 2.74. The zero-order valence-electron chi connectivity index (χ0n) is 11.9. The van der Waals surface area contributed by atoms with Crippen LogP contribution in [0.2, 0.25) is 0 Å². The summed E-state index contributed by atoms with van der Waals surface area (Å²) in [7, 11) is -3.65. The molecule has 0 spiro atoms. The van der Waals surface area contributed by atoms with Crippen LogP contribution in [0.3, 0.4) is 0 Å². The predicted molar refractivity (Wildman–Crippen MR) is 73.7 cm³/mol. The van der Waals surface area contributed by atoms with Gasteiger partial charge in [0.15, 0.2) is 0 Å². The fourth-order valence-corrected chi connectivity index (χ4v) is 2.91. The highest BCUT2D eigenvalue weighted by atomic mass is 32.2. The van der Waals surface area contributed by atoms with Gasteiger partial charge in [-0.15, -0.1) is 0 Å². The van der Waals surface area contributed by atoms with Crippen LogP contribution in [0.5, 0.6) is 0 Å². The molecule has 0 amide bonds. The van der Waals surface area contributed by atoms with Crippen molar-refractivity contribution < 1.29 is 18.3 Å². The second kappa shape index (κ2) is 6.85. The van der Waals surface area contributed by atoms with E-state index in [4.69, 9.17) is 5.11 Å². The number of rotatable bonds is 8. The molecule has 2 N–H and O–H groups in total. The van der Waals surface area contributed by atoms with Gasteiger partial charge in [-0.2, -0.15) is 5.10 Å². The van der Waals surface area contributed by atoms with Crippen LogP contribution in [0.4, 0.5) is 0 Å². The Bertz CT molecular complexity index is 551. The molecule has 0 aliphatic carbocycles. The van der Waals surface area contributed by atoms with E-state index in [1.54, 1.807) is 0 Å². The van der Waals surface area contributed by atoms with Crippen molar-refractivity contribution in [3.63, 3.8) is 0 Å². The lowest BCUT2D eigenvalue weighted by atomic mass is 10.1. The molecule has 8 heteroatoms. The average molecular weight is 303 g/mol. The summed E-state index contributed by atoms with van der Waals surface area (Å²) < 4.78 is 27.8. The van der Waals surface area contributed by atoms with Crippen LogP contribution in [-0.4, -0.2) is 35.3 Å². The van der Waals surface area contributed by atoms with Crippen molar-refractivity contribution in [3.05, 3.63) is 12.4 Å². The molecule has 0 radical (unpaired) electrons. The molecule has 1 unspecified atom stereocenters. The van der Waals surface area contributed by atoms with E-state index in [0.717, 1.165) is 23.7 Å². The Hall–Kier alpha value is -1.41. The van der Waals surface area contributed by atoms with Crippen molar-refractivity contribution in [1.29, 1.82) is 0 Å². The standard InChI is InChI=1S/C12H21N3O4S/c1-9(2)4-5-10(3)14-20(18,19)11-6-13-15(7-11)8-12(16)17/h6-7,9-10,14H,4-5,8H2,1-3H3,(H,16,17). The first-order chi connectivity index (χ1) is 9.20. The molecule has 0 aliphatic heterocycles. The van der Waals surface area contributed by atoms with Gasteiger partial charge in [-0.1, -0.05) is 13.8 Å². The highest BCUT2D eigenvalue weighted by Gasteiger charge is 2.19. The number of aromatic nitrogens is 2. The van der Waals surface area contributed by atoms with Gasteiger partial charge in [0.25, 0.3) is 0 Å². The number of nitrogens with zero attached hydrogens (tertiary/aromatic N) is 2. The first-order valence-electron chi connectivity index (χ1n) is 6.47. The summed E-state index contributed by atoms with van der Waals surface area (Å²) in [5, 5.41) is 12.3. The minimum Gasteiger partial charge on any atom is -0.480 e. The fourth-order valence-electron chi connectivity index (χ4n) is 1.68. The zero-order valence-corrected chi connectivity index (χ0v) is 12.7. The SMILES string of the molecule is CC(C)CCC(C)NS(=O)(=O)c1cnn(CC(=O)O)c1. The summed E-state index contributed by atoms with van der Waals surface area (Å²) in [6.45, 7) is 5.61. The quantitative estimate of drug-likeness (QED) is 0.748. The van der Waals surface area contributed by atoms with Crippen molar-refractivity contribution in [1.82, 2.24) is 14.5 Å². The maximum atomic E-state index is 12.1. The third-order valence-corrected chi connectivity index (χ3v) is 4.29. The summed E-state index contributed by atoms with van der Waals surface area (Å²) in [5.74, 6) is -0.560. The van der Waals surface area contributed by atoms with Gasteiger partial charge < -0.3 is 5.11 Å². The number of carboxylic acids is 1. The van der Waals surface area contributed by atoms with Crippen LogP contribution in [0.25, 0.3) is 0 Å². The largest absolute Gasteiger partial charge is 0.480 e. The molecule has 0 aliphatic rings. The number of hydrogen-bond acceptors (Lipinski definition) is 4. The van der Waals surface area contributed by atoms with E-state index in [1.165, 1.54) is 6.20 Å². The molecule has 0 bridgehead atoms. The Balaban J connectivity index is 2.68. The topological polar surface area (TPSA) is 101 Å². The third kappa shape index (κ3) is 5.30. The van der Waals surface area contributed by atoms with E-state index in [0.29, 0.717) is 5.92 Å². The van der Waals surface area contributed by atoms with E-state index < -0.39 is 16.0 Å². The minimum atomic E-state index is -3.65. The first-order valence-corrected chi connectivity index (χ1v) is 7.95. The molecular weight excluding hydrogens is 282 g/mol. The zero-order chi connectivity index (χ0) is 15.3. The second-order valence-electron chi connectivity index (χ2n) is 5.26. The molecule has 0 aromatic carbocycles. The fraction of sp³-hybridized carbons (Fsp3) is 0.667. The molecule has 1 rings (SSSR count). The monoisotopic (exact) mass is 303 g/mol. The van der Waals surface area contributed by atoms with E-state index in [-0.39, 0.29) is 17.5 Å². The van der Waals surface area contributed by atoms with Gasteiger partial charge in [0.1, 0.15) is 11.4 Å². The summed E-state index contributed by atoms with van der Waals surface area (Å²) in [6.07, 6.45) is 4.05. The highest BCUT2D eigenvalue weighted by Crippen LogP contribution is 2.11. The third-order valence-electron chi connectivity index (χ3n) is 2.75. The number of carboxylic acid groups (broad SMARTS) is 1. The molecule has 114 valence electrons. The second-order valence-corrected chi connectivity index (χ2v) is 6.97. The Morgan fingerprint density at radius 2 is 2.05 bits per heavy atom. The molecule has 1 heterocycles. The van der Waals surface area contributed by atoms with Crippen LogP contribution >= 0.6 is 0 Å². The molecule has 20 heavy (non-hydrogen) atoms. The van der Waals surface area contributed by atoms with Gasteiger partial charge in [-0.3, -0.25) is 9.48 Å². The Labute approximate surface area is 119 Å². The maximum Gasteiger partial charge on any atom is 0.325 e. The number of nitrogens with one attached hydrogen (secondary N) is 1. The molecule has 0 saturated carbocycles. The summed E-state index contributed by atoms with van der Waals surface area (Å²) in [5.41, 5.74) is 0. The summed E-state index contributed by atoms with van der Waals surface area (Å²) >= 11 is 0. The summed E-state index contributed by atoms with van der Waals surface area (Å²) in [6, 6.07) is -0.176. The van der Waals surface area contributed by atoms with Crippen LogP contribution < -0.4 is 4.72 Å². The van der Waals surface area contributed by atoms with Crippen molar-refractivity contribution in [2.24, 2.45) is 5.92 Å². The molecule has 0 saturated heterocycles. The van der Waals surface area contributed by atoms with Gasteiger partial charge in [-0.05, 0) is 25.7 Å². The van der Waals surface area contributed by atoms with Gasteiger partial charge in [0.2, 0.25) is 10.0 Å². The van der Waals surface area contributed by atoms with Crippen molar-refractivity contribution in [2.45, 2.75) is 51.1 Å². The van der Waals surface area contributed by atoms with Crippen molar-refractivity contribution >= 4 is 16.0 Å². The first kappa shape index (κ1) is 16.6.